The molecule has 11 heavy (non-hydrogen) atoms. The molecule has 0 fully saturated rings. The van der Waals surface area contributed by atoms with Gasteiger partial charge in [0.05, 0.1) is 6.10 Å². The van der Waals surface area contributed by atoms with Crippen LogP contribution in [0.3, 0.4) is 0 Å². The number of rotatable bonds is 1. The fraction of sp³-hybridized carbons (Fsp3) is 0.714. The van der Waals surface area contributed by atoms with Crippen molar-refractivity contribution < 1.29 is 14.3 Å². The molecule has 0 aromatic rings. The van der Waals surface area contributed by atoms with Crippen LogP contribution in [0.2, 0.25) is 0 Å². The van der Waals surface area contributed by atoms with E-state index in [1.54, 1.807) is 13.8 Å². The van der Waals surface area contributed by atoms with Gasteiger partial charge in [0, 0.05) is 14.1 Å². The van der Waals surface area contributed by atoms with E-state index < -0.39 is 11.9 Å². The minimum absolute atomic E-state index is 0.244. The number of carbonyl (C=O) groups excluding carboxylic acids is 2. The summed E-state index contributed by atoms with van der Waals surface area (Å²) >= 11 is 0. The summed E-state index contributed by atoms with van der Waals surface area (Å²) < 4.78 is 4.64. The van der Waals surface area contributed by atoms with Gasteiger partial charge in [0.2, 0.25) is 0 Å². The summed E-state index contributed by atoms with van der Waals surface area (Å²) in [5.74, 6) is -1.43. The third-order valence-electron chi connectivity index (χ3n) is 0.924. The van der Waals surface area contributed by atoms with Crippen molar-refractivity contribution in [3.63, 3.8) is 0 Å². The molecule has 1 amide bonds. The number of carbonyl (C=O) groups is 2. The Kier molecular flexibility index (Phi) is 3.57. The summed E-state index contributed by atoms with van der Waals surface area (Å²) in [6, 6.07) is 0. The first-order chi connectivity index (χ1) is 4.95. The van der Waals surface area contributed by atoms with Crippen molar-refractivity contribution in [2.75, 3.05) is 14.1 Å². The topological polar surface area (TPSA) is 46.6 Å². The molecule has 0 saturated heterocycles. The SMILES string of the molecule is CC(C)OC(=O)C(=O)N(C)C. The third-order valence-corrected chi connectivity index (χ3v) is 0.924. The molecule has 0 unspecified atom stereocenters. The lowest BCUT2D eigenvalue weighted by atomic mass is 10.5. The largest absolute Gasteiger partial charge is 0.456 e. The van der Waals surface area contributed by atoms with E-state index in [4.69, 9.17) is 0 Å². The van der Waals surface area contributed by atoms with Crippen molar-refractivity contribution in [3.05, 3.63) is 0 Å². The van der Waals surface area contributed by atoms with Crippen molar-refractivity contribution in [2.24, 2.45) is 0 Å². The zero-order chi connectivity index (χ0) is 9.02. The maximum Gasteiger partial charge on any atom is 0.397 e. The third kappa shape index (κ3) is 3.60. The van der Waals surface area contributed by atoms with Crippen LogP contribution in [0.4, 0.5) is 0 Å². The van der Waals surface area contributed by atoms with Crippen molar-refractivity contribution in [1.82, 2.24) is 4.90 Å². The molecule has 0 aromatic heterocycles. The second-order valence-electron chi connectivity index (χ2n) is 2.65. The van der Waals surface area contributed by atoms with Gasteiger partial charge >= 0.3 is 11.9 Å². The van der Waals surface area contributed by atoms with E-state index in [2.05, 4.69) is 4.74 Å². The van der Waals surface area contributed by atoms with Crippen molar-refractivity contribution in [3.8, 4) is 0 Å². The summed E-state index contributed by atoms with van der Waals surface area (Å²) in [7, 11) is 3.01. The standard InChI is InChI=1S/C7H13NO3/c1-5(2)11-7(10)6(9)8(3)4/h5H,1-4H3. The molecule has 0 aliphatic heterocycles. The van der Waals surface area contributed by atoms with Crippen LogP contribution in [0, 0.1) is 0 Å². The van der Waals surface area contributed by atoms with Crippen molar-refractivity contribution in [1.29, 1.82) is 0 Å². The molecule has 0 N–H and O–H groups in total. The molecule has 64 valence electrons. The highest BCUT2D eigenvalue weighted by Gasteiger charge is 2.17. The quantitative estimate of drug-likeness (QED) is 0.400. The molecule has 4 nitrogen and oxygen atoms in total. The Morgan fingerprint density at radius 3 is 2.00 bits per heavy atom. The second-order valence-corrected chi connectivity index (χ2v) is 2.65. The van der Waals surface area contributed by atoms with E-state index in [0.29, 0.717) is 0 Å². The number of hydrogen-bond acceptors (Lipinski definition) is 3. The van der Waals surface area contributed by atoms with Gasteiger partial charge in [0.25, 0.3) is 0 Å². The lowest BCUT2D eigenvalue weighted by molar-refractivity contribution is -0.161. The molecule has 0 bridgehead atoms. The monoisotopic (exact) mass is 159 g/mol. The average molecular weight is 159 g/mol. The molecule has 0 aromatic carbocycles. The lowest BCUT2D eigenvalue weighted by Crippen LogP contribution is -2.32. The zero-order valence-electron chi connectivity index (χ0n) is 7.25. The van der Waals surface area contributed by atoms with Gasteiger partial charge in [-0.15, -0.1) is 0 Å². The maximum absolute atomic E-state index is 10.8. The van der Waals surface area contributed by atoms with Crippen LogP contribution >= 0.6 is 0 Å². The predicted molar refractivity (Wildman–Crippen MR) is 39.9 cm³/mol. The van der Waals surface area contributed by atoms with Crippen LogP contribution in [0.15, 0.2) is 0 Å². The summed E-state index contributed by atoms with van der Waals surface area (Å²) in [6.07, 6.45) is -0.244. The molecule has 0 atom stereocenters. The van der Waals surface area contributed by atoms with Gasteiger partial charge in [-0.2, -0.15) is 0 Å². The zero-order valence-corrected chi connectivity index (χ0v) is 7.25. The van der Waals surface area contributed by atoms with Gasteiger partial charge in [-0.05, 0) is 13.8 Å². The first kappa shape index (κ1) is 9.94. The van der Waals surface area contributed by atoms with E-state index in [9.17, 15) is 9.59 Å². The molecule has 4 heteroatoms. The molecule has 0 aliphatic rings. The van der Waals surface area contributed by atoms with Crippen LogP contribution in [0.1, 0.15) is 13.8 Å². The Labute approximate surface area is 66.1 Å². The van der Waals surface area contributed by atoms with Gasteiger partial charge in [-0.3, -0.25) is 4.79 Å². The number of likely N-dealkylation sites (N-methyl/N-ethyl adjacent to an activating group) is 1. The molecule has 0 heterocycles. The minimum Gasteiger partial charge on any atom is -0.456 e. The number of nitrogens with zero attached hydrogens (tertiary/aromatic N) is 1. The molecular weight excluding hydrogens is 146 g/mol. The van der Waals surface area contributed by atoms with E-state index in [0.717, 1.165) is 0 Å². The van der Waals surface area contributed by atoms with Crippen molar-refractivity contribution >= 4 is 11.9 Å². The molecule has 0 saturated carbocycles. The van der Waals surface area contributed by atoms with E-state index in [-0.39, 0.29) is 6.10 Å². The van der Waals surface area contributed by atoms with Crippen LogP contribution in [0.5, 0.6) is 0 Å². The number of esters is 1. The van der Waals surface area contributed by atoms with E-state index >= 15 is 0 Å². The highest BCUT2D eigenvalue weighted by atomic mass is 16.5. The Morgan fingerprint density at radius 1 is 1.27 bits per heavy atom. The van der Waals surface area contributed by atoms with Gasteiger partial charge in [-0.25, -0.2) is 4.79 Å². The normalized spacial score (nSPS) is 9.55. The van der Waals surface area contributed by atoms with Crippen LogP contribution < -0.4 is 0 Å². The average Bonchev–Trinajstić information content (AvgIpc) is 1.84. The van der Waals surface area contributed by atoms with Gasteiger partial charge in [0.15, 0.2) is 0 Å². The van der Waals surface area contributed by atoms with Gasteiger partial charge < -0.3 is 9.64 Å². The highest BCUT2D eigenvalue weighted by molar-refractivity contribution is 6.32. The second kappa shape index (κ2) is 3.95. The van der Waals surface area contributed by atoms with Crippen LogP contribution in [-0.2, 0) is 14.3 Å². The summed E-state index contributed by atoms with van der Waals surface area (Å²) in [5.41, 5.74) is 0. The molecule has 0 aliphatic carbocycles. The van der Waals surface area contributed by atoms with Crippen molar-refractivity contribution in [2.45, 2.75) is 20.0 Å². The predicted octanol–water partition coefficient (Wildman–Crippen LogP) is 0.0262. The van der Waals surface area contributed by atoms with Gasteiger partial charge in [0.1, 0.15) is 0 Å². The smallest absolute Gasteiger partial charge is 0.397 e. The Hall–Kier alpha value is -1.06. The fourth-order valence-electron chi connectivity index (χ4n) is 0.447. The first-order valence-electron chi connectivity index (χ1n) is 3.37. The summed E-state index contributed by atoms with van der Waals surface area (Å²) in [6.45, 7) is 3.39. The number of hydrogen-bond donors (Lipinski definition) is 0. The lowest BCUT2D eigenvalue weighted by Gasteiger charge is -2.11. The number of amides is 1. The highest BCUT2D eigenvalue weighted by Crippen LogP contribution is 1.91. The summed E-state index contributed by atoms with van der Waals surface area (Å²) in [5, 5.41) is 0. The van der Waals surface area contributed by atoms with E-state index in [1.165, 1.54) is 19.0 Å². The first-order valence-corrected chi connectivity index (χ1v) is 3.37. The maximum atomic E-state index is 10.8. The molecular formula is C7H13NO3. The van der Waals surface area contributed by atoms with E-state index in [1.807, 2.05) is 0 Å². The Morgan fingerprint density at radius 2 is 1.73 bits per heavy atom. The minimum atomic E-state index is -0.801. The Balaban J connectivity index is 3.94. The Bertz CT molecular complexity index is 163. The molecule has 0 radical (unpaired) electrons. The molecule has 0 spiro atoms. The van der Waals surface area contributed by atoms with Crippen LogP contribution in [-0.4, -0.2) is 37.0 Å². The number of ether oxygens (including phenoxy) is 1. The summed E-state index contributed by atoms with van der Waals surface area (Å²) in [4.78, 5) is 22.8. The van der Waals surface area contributed by atoms with Gasteiger partial charge in [-0.1, -0.05) is 0 Å². The van der Waals surface area contributed by atoms with Crippen LogP contribution in [0.25, 0.3) is 0 Å². The fourth-order valence-corrected chi connectivity index (χ4v) is 0.447. The molecule has 0 rings (SSSR count).